The van der Waals surface area contributed by atoms with Crippen molar-refractivity contribution >= 4 is 16.9 Å². The normalized spacial score (nSPS) is 16.8. The number of hydrogen-bond donors (Lipinski definition) is 1. The lowest BCUT2D eigenvalue weighted by Gasteiger charge is -2.35. The Bertz CT molecular complexity index is 1540. The Labute approximate surface area is 213 Å². The molecule has 0 aliphatic heterocycles. The van der Waals surface area contributed by atoms with Crippen LogP contribution in [0.5, 0.6) is 5.75 Å². The Morgan fingerprint density at radius 1 is 0.973 bits per heavy atom. The number of nitrogens with one attached hydrogen (secondary N) is 1. The Balaban J connectivity index is 1.23. The quantitative estimate of drug-likeness (QED) is 0.361. The van der Waals surface area contributed by atoms with Gasteiger partial charge in [0.2, 0.25) is 0 Å². The van der Waals surface area contributed by atoms with Crippen molar-refractivity contribution in [2.24, 2.45) is 0 Å². The molecule has 0 radical (unpaired) electrons. The van der Waals surface area contributed by atoms with Gasteiger partial charge in [-0.1, -0.05) is 18.2 Å². The number of benzene rings is 1. The summed E-state index contributed by atoms with van der Waals surface area (Å²) >= 11 is 0. The van der Waals surface area contributed by atoms with Crippen molar-refractivity contribution < 1.29 is 9.53 Å². The molecule has 4 aromatic heterocycles. The van der Waals surface area contributed by atoms with Gasteiger partial charge in [-0.05, 0) is 62.2 Å². The highest BCUT2D eigenvalue weighted by Gasteiger charge is 2.36. The van der Waals surface area contributed by atoms with Crippen molar-refractivity contribution in [2.75, 3.05) is 6.61 Å². The first kappa shape index (κ1) is 22.8. The molecule has 1 aliphatic rings. The van der Waals surface area contributed by atoms with Crippen LogP contribution >= 0.6 is 0 Å². The van der Waals surface area contributed by atoms with Crippen molar-refractivity contribution in [2.45, 2.75) is 31.7 Å². The molecular formula is C28H25N7O2. The summed E-state index contributed by atoms with van der Waals surface area (Å²) in [6.45, 7) is 2.52. The van der Waals surface area contributed by atoms with E-state index in [1.54, 1.807) is 24.7 Å². The molecule has 0 bridgehead atoms. The lowest BCUT2D eigenvalue weighted by atomic mass is 9.79. The topological polar surface area (TPSA) is 108 Å². The van der Waals surface area contributed by atoms with E-state index in [2.05, 4.69) is 35.0 Å². The van der Waals surface area contributed by atoms with Crippen LogP contribution in [-0.2, 0) is 0 Å². The lowest BCUT2D eigenvalue weighted by Crippen LogP contribution is -2.44. The molecule has 0 unspecified atom stereocenters. The van der Waals surface area contributed by atoms with Gasteiger partial charge in [0.25, 0.3) is 5.91 Å². The second kappa shape index (κ2) is 9.77. The summed E-state index contributed by atoms with van der Waals surface area (Å²) in [4.78, 5) is 26.2. The highest BCUT2D eigenvalue weighted by molar-refractivity contribution is 6.04. The Kier molecular flexibility index (Phi) is 6.02. The van der Waals surface area contributed by atoms with Gasteiger partial charge in [-0.25, -0.2) is 4.98 Å². The number of fused-ring (bicyclic) bond motifs is 1. The van der Waals surface area contributed by atoms with Crippen LogP contribution in [0.25, 0.3) is 28.2 Å². The third-order valence-corrected chi connectivity index (χ3v) is 6.56. The minimum atomic E-state index is -0.140. The van der Waals surface area contributed by atoms with E-state index in [1.807, 2.05) is 61.5 Å². The zero-order chi connectivity index (χ0) is 25.2. The molecule has 9 heteroatoms. The van der Waals surface area contributed by atoms with Gasteiger partial charge >= 0.3 is 0 Å². The fourth-order valence-corrected chi connectivity index (χ4v) is 4.70. The number of aromatic nitrogens is 6. The van der Waals surface area contributed by atoms with Crippen LogP contribution in [0.1, 0.15) is 41.9 Å². The predicted octanol–water partition coefficient (Wildman–Crippen LogP) is 4.35. The van der Waals surface area contributed by atoms with Gasteiger partial charge in [0, 0.05) is 30.0 Å². The zero-order valence-corrected chi connectivity index (χ0v) is 20.3. The van der Waals surface area contributed by atoms with Crippen LogP contribution < -0.4 is 10.1 Å². The fourth-order valence-electron chi connectivity index (χ4n) is 4.70. The summed E-state index contributed by atoms with van der Waals surface area (Å²) in [5, 5.41) is 12.2. The van der Waals surface area contributed by atoms with Crippen LogP contribution in [0.4, 0.5) is 0 Å². The van der Waals surface area contributed by atoms with Gasteiger partial charge < -0.3 is 10.1 Å². The largest absolute Gasteiger partial charge is 0.492 e. The molecule has 5 aromatic rings. The van der Waals surface area contributed by atoms with E-state index >= 15 is 0 Å². The molecule has 1 aromatic carbocycles. The number of carbonyl (C=O) groups excluding carboxylic acids is 1. The minimum Gasteiger partial charge on any atom is -0.492 e. The smallest absolute Gasteiger partial charge is 0.253 e. The molecule has 1 saturated carbocycles. The Morgan fingerprint density at radius 2 is 1.84 bits per heavy atom. The maximum absolute atomic E-state index is 13.0. The number of carbonyl (C=O) groups is 1. The molecule has 1 fully saturated rings. The summed E-state index contributed by atoms with van der Waals surface area (Å²) in [5.74, 6) is 2.26. The molecule has 37 heavy (non-hydrogen) atoms. The summed E-state index contributed by atoms with van der Waals surface area (Å²) < 4.78 is 7.59. The van der Waals surface area contributed by atoms with Gasteiger partial charge in [0.1, 0.15) is 22.8 Å². The summed E-state index contributed by atoms with van der Waals surface area (Å²) in [5.41, 5.74) is 3.52. The maximum atomic E-state index is 13.0. The van der Waals surface area contributed by atoms with Crippen molar-refractivity contribution in [1.29, 1.82) is 0 Å². The van der Waals surface area contributed by atoms with Crippen LogP contribution in [-0.4, -0.2) is 48.3 Å². The van der Waals surface area contributed by atoms with Gasteiger partial charge in [-0.3, -0.25) is 19.3 Å². The molecule has 1 aliphatic carbocycles. The Hall–Kier alpha value is -4.66. The summed E-state index contributed by atoms with van der Waals surface area (Å²) in [6, 6.07) is 19.2. The standard InChI is InChI=1S/C28H25N7O2/c1-2-37-21-10-11-24(31-17-21)27-34-33-26(35(27)20-7-4-3-5-8-20)18-15-19(16-18)32-28(36)22-12-14-29-23-9-6-13-30-25(22)23/h3-14,17-19H,2,15-16H2,1H3,(H,32,36)/t18-,19-. The predicted molar refractivity (Wildman–Crippen MR) is 139 cm³/mol. The number of rotatable bonds is 7. The molecule has 0 spiro atoms. The highest BCUT2D eigenvalue weighted by atomic mass is 16.5. The number of hydrogen-bond acceptors (Lipinski definition) is 7. The number of nitrogens with zero attached hydrogens (tertiary/aromatic N) is 6. The molecule has 6 rings (SSSR count). The van der Waals surface area contributed by atoms with Crippen molar-refractivity contribution in [1.82, 2.24) is 35.0 Å². The Morgan fingerprint density at radius 3 is 2.62 bits per heavy atom. The average molecular weight is 492 g/mol. The van der Waals surface area contributed by atoms with Crippen molar-refractivity contribution in [3.8, 4) is 23.0 Å². The van der Waals surface area contributed by atoms with E-state index in [4.69, 9.17) is 4.74 Å². The van der Waals surface area contributed by atoms with Gasteiger partial charge in [0.05, 0.1) is 23.9 Å². The third kappa shape index (κ3) is 4.40. The zero-order valence-electron chi connectivity index (χ0n) is 20.3. The number of para-hydroxylation sites is 1. The molecule has 0 saturated heterocycles. The van der Waals surface area contributed by atoms with Crippen molar-refractivity contribution in [3.63, 3.8) is 0 Å². The number of amides is 1. The van der Waals surface area contributed by atoms with E-state index < -0.39 is 0 Å². The van der Waals surface area contributed by atoms with Gasteiger partial charge in [-0.15, -0.1) is 10.2 Å². The molecule has 0 atom stereocenters. The van der Waals surface area contributed by atoms with Crippen LogP contribution in [0, 0.1) is 0 Å². The van der Waals surface area contributed by atoms with E-state index in [-0.39, 0.29) is 17.9 Å². The highest BCUT2D eigenvalue weighted by Crippen LogP contribution is 2.38. The van der Waals surface area contributed by atoms with E-state index in [0.717, 1.165) is 24.4 Å². The van der Waals surface area contributed by atoms with E-state index in [1.165, 1.54) is 0 Å². The number of pyridine rings is 3. The first-order valence-corrected chi connectivity index (χ1v) is 12.3. The second-order valence-electron chi connectivity index (χ2n) is 8.93. The molecule has 4 heterocycles. The van der Waals surface area contributed by atoms with Crippen LogP contribution in [0.15, 0.2) is 79.3 Å². The third-order valence-electron chi connectivity index (χ3n) is 6.56. The fraction of sp³-hybridized carbons (Fsp3) is 0.214. The second-order valence-corrected chi connectivity index (χ2v) is 8.93. The van der Waals surface area contributed by atoms with Crippen LogP contribution in [0.3, 0.4) is 0 Å². The summed E-state index contributed by atoms with van der Waals surface area (Å²) in [7, 11) is 0. The van der Waals surface area contributed by atoms with Crippen LogP contribution in [0.2, 0.25) is 0 Å². The number of ether oxygens (including phenoxy) is 1. The molecule has 1 N–H and O–H groups in total. The summed E-state index contributed by atoms with van der Waals surface area (Å²) in [6.07, 6.45) is 6.55. The lowest BCUT2D eigenvalue weighted by molar-refractivity contribution is 0.0908. The van der Waals surface area contributed by atoms with E-state index in [9.17, 15) is 4.79 Å². The SMILES string of the molecule is CCOc1ccc(-c2nnc([C@H]3C[C@H](NC(=O)c4ccnc5cccnc45)C3)n2-c2ccccc2)nc1. The van der Waals surface area contributed by atoms with Gasteiger partial charge in [-0.2, -0.15) is 0 Å². The first-order valence-electron chi connectivity index (χ1n) is 12.3. The average Bonchev–Trinajstić information content (AvgIpc) is 3.35. The molecule has 184 valence electrons. The molecule has 1 amide bonds. The maximum Gasteiger partial charge on any atom is 0.253 e. The molecular weight excluding hydrogens is 466 g/mol. The minimum absolute atomic E-state index is 0.0393. The first-order chi connectivity index (χ1) is 18.2. The molecule has 9 nitrogen and oxygen atoms in total. The monoisotopic (exact) mass is 491 g/mol. The van der Waals surface area contributed by atoms with E-state index in [0.29, 0.717) is 40.5 Å². The van der Waals surface area contributed by atoms with Crippen molar-refractivity contribution in [3.05, 3.63) is 90.6 Å². The van der Waals surface area contributed by atoms with Gasteiger partial charge in [0.15, 0.2) is 5.82 Å².